The highest BCUT2D eigenvalue weighted by atomic mass is 32.2. The van der Waals surface area contributed by atoms with Gasteiger partial charge in [0.05, 0.1) is 10.9 Å². The molecule has 0 bridgehead atoms. The molecule has 5 heteroatoms. The molecule has 0 aromatic carbocycles. The maximum Gasteiger partial charge on any atom is 0.107 e. The Morgan fingerprint density at radius 3 is 2.70 bits per heavy atom. The van der Waals surface area contributed by atoms with Crippen LogP contribution in [0.4, 0.5) is 0 Å². The maximum absolute atomic E-state index is 5.00. The highest BCUT2D eigenvalue weighted by Crippen LogP contribution is 2.44. The molecule has 2 atom stereocenters. The summed E-state index contributed by atoms with van der Waals surface area (Å²) in [7, 11) is 0. The summed E-state index contributed by atoms with van der Waals surface area (Å²) < 4.78 is 0. The molecule has 1 aliphatic heterocycles. The predicted octanol–water partition coefficient (Wildman–Crippen LogP) is 4.50. The van der Waals surface area contributed by atoms with Gasteiger partial charge in [0.15, 0.2) is 0 Å². The quantitative estimate of drug-likeness (QED) is 0.830. The smallest absolute Gasteiger partial charge is 0.107 e. The Kier molecular flexibility index (Phi) is 6.72. The van der Waals surface area contributed by atoms with E-state index in [9.17, 15) is 0 Å². The number of nitrogens with one attached hydrogen (secondary N) is 1. The van der Waals surface area contributed by atoms with Crippen LogP contribution in [-0.2, 0) is 13.0 Å². The summed E-state index contributed by atoms with van der Waals surface area (Å²) in [5, 5.41) is 6.20. The van der Waals surface area contributed by atoms with Crippen molar-refractivity contribution < 1.29 is 0 Å². The molecule has 0 saturated carbocycles. The minimum atomic E-state index is 0.536. The third-order valence-corrected chi connectivity index (χ3v) is 7.81. The average molecular weight is 331 g/mol. The van der Waals surface area contributed by atoms with E-state index in [-0.39, 0.29) is 0 Å². The van der Waals surface area contributed by atoms with Gasteiger partial charge in [-0.2, -0.15) is 11.8 Å². The first-order valence-electron chi connectivity index (χ1n) is 7.56. The Hall–Kier alpha value is 0.290. The number of aryl methyl sites for hydroxylation is 1. The molecule has 20 heavy (non-hydrogen) atoms. The lowest BCUT2D eigenvalue weighted by atomic mass is 10.2. The van der Waals surface area contributed by atoms with Gasteiger partial charge in [0, 0.05) is 34.2 Å². The summed E-state index contributed by atoms with van der Waals surface area (Å²) >= 11 is 6.14. The van der Waals surface area contributed by atoms with Gasteiger partial charge >= 0.3 is 0 Å². The second-order valence-electron chi connectivity index (χ2n) is 5.57. The lowest BCUT2D eigenvalue weighted by Gasteiger charge is -2.25. The summed E-state index contributed by atoms with van der Waals surface area (Å²) in [5.41, 5.74) is 1.34. The molecule has 2 nitrogen and oxygen atoms in total. The fourth-order valence-corrected chi connectivity index (χ4v) is 6.52. The Bertz CT molecular complexity index is 417. The number of hydrogen-bond donors (Lipinski definition) is 1. The molecule has 0 aliphatic carbocycles. The minimum absolute atomic E-state index is 0.536. The van der Waals surface area contributed by atoms with E-state index in [1.807, 2.05) is 11.3 Å². The standard InChI is InChI=1S/C15H26N2S3/c1-5-6-12-13(9-16-10(2)3)20-15(17-12)14-11(4)18-7-8-19-14/h10-11,14,16H,5-9H2,1-4H3. The number of rotatable bonds is 6. The van der Waals surface area contributed by atoms with Gasteiger partial charge in [0.2, 0.25) is 0 Å². The number of thioether (sulfide) groups is 2. The van der Waals surface area contributed by atoms with Crippen LogP contribution in [0.15, 0.2) is 0 Å². The van der Waals surface area contributed by atoms with Crippen molar-refractivity contribution in [2.45, 2.75) is 63.6 Å². The minimum Gasteiger partial charge on any atom is -0.310 e. The van der Waals surface area contributed by atoms with E-state index >= 15 is 0 Å². The zero-order chi connectivity index (χ0) is 14.5. The zero-order valence-electron chi connectivity index (χ0n) is 12.9. The third kappa shape index (κ3) is 4.39. The van der Waals surface area contributed by atoms with E-state index in [1.165, 1.54) is 33.5 Å². The van der Waals surface area contributed by atoms with Crippen molar-refractivity contribution in [2.75, 3.05) is 11.5 Å². The van der Waals surface area contributed by atoms with Crippen molar-refractivity contribution in [2.24, 2.45) is 0 Å². The average Bonchev–Trinajstić information content (AvgIpc) is 2.80. The molecule has 1 N–H and O–H groups in total. The van der Waals surface area contributed by atoms with Crippen molar-refractivity contribution in [3.05, 3.63) is 15.6 Å². The van der Waals surface area contributed by atoms with Gasteiger partial charge in [0.1, 0.15) is 5.01 Å². The molecule has 1 aromatic rings. The van der Waals surface area contributed by atoms with Gasteiger partial charge in [-0.05, 0) is 6.42 Å². The number of nitrogens with zero attached hydrogens (tertiary/aromatic N) is 1. The van der Waals surface area contributed by atoms with Crippen LogP contribution < -0.4 is 5.32 Å². The zero-order valence-corrected chi connectivity index (χ0v) is 15.4. The summed E-state index contributed by atoms with van der Waals surface area (Å²) in [6.45, 7) is 9.98. The van der Waals surface area contributed by atoms with Crippen molar-refractivity contribution >= 4 is 34.9 Å². The lowest BCUT2D eigenvalue weighted by molar-refractivity contribution is 0.589. The number of aromatic nitrogens is 1. The summed E-state index contributed by atoms with van der Waals surface area (Å²) in [6.07, 6.45) is 2.30. The van der Waals surface area contributed by atoms with Crippen molar-refractivity contribution in [1.29, 1.82) is 0 Å². The van der Waals surface area contributed by atoms with Crippen LogP contribution in [0.3, 0.4) is 0 Å². The van der Waals surface area contributed by atoms with Crippen LogP contribution in [0.2, 0.25) is 0 Å². The molecule has 0 spiro atoms. The summed E-state index contributed by atoms with van der Waals surface area (Å²) in [4.78, 5) is 6.45. The van der Waals surface area contributed by atoms with Crippen LogP contribution in [0, 0.1) is 0 Å². The normalized spacial score (nSPS) is 23.4. The summed E-state index contributed by atoms with van der Waals surface area (Å²) in [6, 6.07) is 0.536. The van der Waals surface area contributed by atoms with Crippen LogP contribution in [0.5, 0.6) is 0 Å². The molecule has 2 rings (SSSR count). The second-order valence-corrected chi connectivity index (χ2v) is 9.42. The highest BCUT2D eigenvalue weighted by molar-refractivity contribution is 8.06. The Morgan fingerprint density at radius 2 is 2.05 bits per heavy atom. The van der Waals surface area contributed by atoms with Gasteiger partial charge in [-0.3, -0.25) is 0 Å². The van der Waals surface area contributed by atoms with E-state index in [2.05, 4.69) is 56.5 Å². The molecule has 1 fully saturated rings. The maximum atomic E-state index is 5.00. The Labute approximate surface area is 135 Å². The van der Waals surface area contributed by atoms with E-state index < -0.39 is 0 Å². The molecule has 1 aliphatic rings. The van der Waals surface area contributed by atoms with Crippen LogP contribution in [0.1, 0.15) is 54.9 Å². The molecule has 1 aromatic heterocycles. The molecule has 114 valence electrons. The van der Waals surface area contributed by atoms with Crippen LogP contribution in [-0.4, -0.2) is 27.8 Å². The largest absolute Gasteiger partial charge is 0.310 e. The monoisotopic (exact) mass is 330 g/mol. The highest BCUT2D eigenvalue weighted by Gasteiger charge is 2.27. The molecule has 0 amide bonds. The first-order valence-corrected chi connectivity index (χ1v) is 10.5. The van der Waals surface area contributed by atoms with E-state index in [0.29, 0.717) is 16.5 Å². The first kappa shape index (κ1) is 16.7. The van der Waals surface area contributed by atoms with Gasteiger partial charge in [0.25, 0.3) is 0 Å². The van der Waals surface area contributed by atoms with E-state index in [0.717, 1.165) is 13.0 Å². The van der Waals surface area contributed by atoms with Crippen molar-refractivity contribution in [1.82, 2.24) is 10.3 Å². The summed E-state index contributed by atoms with van der Waals surface area (Å²) in [5.74, 6) is 2.55. The molecule has 2 unspecified atom stereocenters. The van der Waals surface area contributed by atoms with E-state index in [1.54, 1.807) is 0 Å². The SMILES string of the molecule is CCCc1nc(C2SCCSC2C)sc1CNC(C)C. The number of thiazole rings is 1. The lowest BCUT2D eigenvalue weighted by Crippen LogP contribution is -2.21. The fourth-order valence-electron chi connectivity index (χ4n) is 2.30. The van der Waals surface area contributed by atoms with Crippen LogP contribution in [0.25, 0.3) is 0 Å². The van der Waals surface area contributed by atoms with Crippen molar-refractivity contribution in [3.63, 3.8) is 0 Å². The van der Waals surface area contributed by atoms with Crippen LogP contribution >= 0.6 is 34.9 Å². The topological polar surface area (TPSA) is 24.9 Å². The van der Waals surface area contributed by atoms with Gasteiger partial charge < -0.3 is 5.32 Å². The predicted molar refractivity (Wildman–Crippen MR) is 95.2 cm³/mol. The Balaban J connectivity index is 2.14. The van der Waals surface area contributed by atoms with Gasteiger partial charge in [-0.15, -0.1) is 23.1 Å². The molecular weight excluding hydrogens is 304 g/mol. The van der Waals surface area contributed by atoms with Gasteiger partial charge in [-0.25, -0.2) is 4.98 Å². The molecule has 0 radical (unpaired) electrons. The molecule has 1 saturated heterocycles. The number of hydrogen-bond acceptors (Lipinski definition) is 5. The first-order chi connectivity index (χ1) is 9.61. The second kappa shape index (κ2) is 8.06. The van der Waals surface area contributed by atoms with Gasteiger partial charge in [-0.1, -0.05) is 34.1 Å². The molecule has 2 heterocycles. The Morgan fingerprint density at radius 1 is 1.30 bits per heavy atom. The van der Waals surface area contributed by atoms with Crippen molar-refractivity contribution in [3.8, 4) is 0 Å². The molecular formula is C15H26N2S3. The van der Waals surface area contributed by atoms with E-state index in [4.69, 9.17) is 4.98 Å². The fraction of sp³-hybridized carbons (Fsp3) is 0.800. The third-order valence-electron chi connectivity index (χ3n) is 3.38.